The van der Waals surface area contributed by atoms with Crippen molar-refractivity contribution >= 4 is 28.1 Å². The number of nitrogen functional groups attached to an aromatic ring is 1. The van der Waals surface area contributed by atoms with E-state index in [4.69, 9.17) is 10.5 Å². The summed E-state index contributed by atoms with van der Waals surface area (Å²) in [6, 6.07) is 5.03. The molecule has 1 aromatic carbocycles. The summed E-state index contributed by atoms with van der Waals surface area (Å²) >= 11 is 0. The van der Waals surface area contributed by atoms with Crippen molar-refractivity contribution in [2.45, 2.75) is 26.1 Å². The number of morpholine rings is 1. The van der Waals surface area contributed by atoms with Gasteiger partial charge in [0.1, 0.15) is 0 Å². The van der Waals surface area contributed by atoms with Crippen molar-refractivity contribution in [3.8, 4) is 0 Å². The Hall–Kier alpha value is -3.14. The molecule has 3 aromatic rings. The number of alkyl halides is 3. The molecule has 1 saturated heterocycles. The Morgan fingerprint density at radius 2 is 1.87 bits per heavy atom. The van der Waals surface area contributed by atoms with Gasteiger partial charge < -0.3 is 20.7 Å². The van der Waals surface area contributed by atoms with E-state index in [0.29, 0.717) is 35.8 Å². The zero-order chi connectivity index (χ0) is 22.2. The van der Waals surface area contributed by atoms with Crippen molar-refractivity contribution in [1.82, 2.24) is 15.2 Å². The maximum Gasteiger partial charge on any atom is 0.416 e. The molecule has 0 bridgehead atoms. The first-order valence-corrected chi connectivity index (χ1v) is 9.92. The number of pyridine rings is 1. The van der Waals surface area contributed by atoms with Crippen LogP contribution in [0.3, 0.4) is 0 Å². The van der Waals surface area contributed by atoms with Gasteiger partial charge >= 0.3 is 6.18 Å². The minimum atomic E-state index is -4.48. The highest BCUT2D eigenvalue weighted by Crippen LogP contribution is 2.34. The molecule has 4 rings (SSSR count). The quantitative estimate of drug-likeness (QED) is 0.604. The van der Waals surface area contributed by atoms with E-state index in [1.54, 1.807) is 13.1 Å². The van der Waals surface area contributed by atoms with E-state index in [0.717, 1.165) is 36.3 Å². The molecule has 1 atom stereocenters. The fourth-order valence-corrected chi connectivity index (χ4v) is 3.63. The number of aryl methyl sites for hydroxylation is 1. The number of hydrogen-bond acceptors (Lipinski definition) is 7. The zero-order valence-corrected chi connectivity index (χ0v) is 17.2. The Bertz CT molecular complexity index is 1100. The van der Waals surface area contributed by atoms with E-state index in [-0.39, 0.29) is 5.69 Å². The highest BCUT2D eigenvalue weighted by molar-refractivity contribution is 5.92. The van der Waals surface area contributed by atoms with Crippen molar-refractivity contribution in [2.24, 2.45) is 0 Å². The summed E-state index contributed by atoms with van der Waals surface area (Å²) in [6.45, 7) is 6.37. The van der Waals surface area contributed by atoms with E-state index >= 15 is 0 Å². The molecule has 1 fully saturated rings. The maximum absolute atomic E-state index is 13.2. The number of nitrogens with zero attached hydrogens (tertiary/aromatic N) is 4. The van der Waals surface area contributed by atoms with Gasteiger partial charge in [-0.2, -0.15) is 18.3 Å². The van der Waals surface area contributed by atoms with E-state index in [1.165, 1.54) is 6.07 Å². The first-order chi connectivity index (χ1) is 14.7. The van der Waals surface area contributed by atoms with Crippen LogP contribution in [0.2, 0.25) is 0 Å². The Labute approximate surface area is 177 Å². The Balaban J connectivity index is 1.69. The van der Waals surface area contributed by atoms with Gasteiger partial charge in [-0.15, -0.1) is 5.10 Å². The van der Waals surface area contributed by atoms with Crippen molar-refractivity contribution in [2.75, 3.05) is 42.3 Å². The zero-order valence-electron chi connectivity index (χ0n) is 17.2. The van der Waals surface area contributed by atoms with Gasteiger partial charge in [-0.3, -0.25) is 4.98 Å². The summed E-state index contributed by atoms with van der Waals surface area (Å²) in [4.78, 5) is 6.74. The van der Waals surface area contributed by atoms with E-state index < -0.39 is 17.8 Å². The number of aromatic nitrogens is 3. The Kier molecular flexibility index (Phi) is 5.57. The van der Waals surface area contributed by atoms with E-state index in [9.17, 15) is 13.2 Å². The number of anilines is 3. The molecule has 3 N–H and O–H groups in total. The molecule has 0 radical (unpaired) electrons. The molecular formula is C21H23F3N6O. The largest absolute Gasteiger partial charge is 0.416 e. The van der Waals surface area contributed by atoms with Crippen LogP contribution < -0.4 is 16.0 Å². The van der Waals surface area contributed by atoms with Gasteiger partial charge in [0.2, 0.25) is 0 Å². The summed E-state index contributed by atoms with van der Waals surface area (Å²) in [7, 11) is 0. The number of fused-ring (bicyclic) bond motifs is 1. The average Bonchev–Trinajstić information content (AvgIpc) is 2.75. The highest BCUT2D eigenvalue weighted by Gasteiger charge is 2.31. The number of benzene rings is 1. The molecule has 1 aliphatic rings. The summed E-state index contributed by atoms with van der Waals surface area (Å²) in [6.07, 6.45) is -2.68. The predicted octanol–water partition coefficient (Wildman–Crippen LogP) is 3.94. The first-order valence-electron chi connectivity index (χ1n) is 9.92. The van der Waals surface area contributed by atoms with E-state index in [1.807, 2.05) is 13.0 Å². The second-order valence-corrected chi connectivity index (χ2v) is 7.58. The van der Waals surface area contributed by atoms with Crippen LogP contribution in [0.1, 0.15) is 29.8 Å². The molecule has 1 aliphatic heterocycles. The molecule has 0 aliphatic carbocycles. The lowest BCUT2D eigenvalue weighted by Crippen LogP contribution is -2.36. The normalized spacial score (nSPS) is 15.8. The number of ether oxygens (including phenoxy) is 1. The van der Waals surface area contributed by atoms with Crippen LogP contribution in [-0.4, -0.2) is 41.5 Å². The molecule has 10 heteroatoms. The molecule has 0 saturated carbocycles. The molecular weight excluding hydrogens is 409 g/mol. The number of hydrogen-bond donors (Lipinski definition) is 2. The lowest BCUT2D eigenvalue weighted by atomic mass is 10.0. The van der Waals surface area contributed by atoms with Crippen molar-refractivity contribution in [3.05, 3.63) is 47.3 Å². The Morgan fingerprint density at radius 3 is 2.58 bits per heavy atom. The second-order valence-electron chi connectivity index (χ2n) is 7.58. The summed E-state index contributed by atoms with van der Waals surface area (Å²) in [5, 5.41) is 12.3. The smallest absolute Gasteiger partial charge is 0.399 e. The van der Waals surface area contributed by atoms with Crippen molar-refractivity contribution in [3.63, 3.8) is 0 Å². The molecule has 0 unspecified atom stereocenters. The second kappa shape index (κ2) is 8.18. The van der Waals surface area contributed by atoms with Crippen LogP contribution in [-0.2, 0) is 10.9 Å². The fraction of sp³-hybridized carbons (Fsp3) is 0.381. The standard InChI is InChI=1S/C21H23F3N6O/c1-12(14-7-15(21(22,23)24)9-16(25)8-14)27-20-18-10-17(30-3-5-31-6-4-30)11-26-19(18)13(2)28-29-20/h7-12H,3-6,25H2,1-2H3,(H,27,29)/t12-/m1/s1. The number of nitrogens with one attached hydrogen (secondary N) is 1. The molecule has 0 amide bonds. The van der Waals surface area contributed by atoms with Crippen molar-refractivity contribution < 1.29 is 17.9 Å². The van der Waals surface area contributed by atoms with Crippen LogP contribution in [0.15, 0.2) is 30.5 Å². The molecule has 2 aromatic heterocycles. The summed E-state index contributed by atoms with van der Waals surface area (Å²) < 4.78 is 45.0. The fourth-order valence-electron chi connectivity index (χ4n) is 3.63. The number of nitrogens with two attached hydrogens (primary N) is 1. The first kappa shape index (κ1) is 21.1. The van der Waals surface area contributed by atoms with Gasteiger partial charge in [-0.1, -0.05) is 0 Å². The highest BCUT2D eigenvalue weighted by atomic mass is 19.4. The van der Waals surface area contributed by atoms with Crippen LogP contribution in [0.5, 0.6) is 0 Å². The van der Waals surface area contributed by atoms with Gasteiger partial charge in [0.05, 0.1) is 47.9 Å². The molecule has 31 heavy (non-hydrogen) atoms. The van der Waals surface area contributed by atoms with Gasteiger partial charge in [0, 0.05) is 24.2 Å². The molecule has 0 spiro atoms. The molecule has 3 heterocycles. The third-order valence-corrected chi connectivity index (χ3v) is 5.31. The van der Waals surface area contributed by atoms with Gasteiger partial charge in [-0.25, -0.2) is 0 Å². The lowest BCUT2D eigenvalue weighted by molar-refractivity contribution is -0.137. The van der Waals surface area contributed by atoms with Gasteiger partial charge in [0.25, 0.3) is 0 Å². The van der Waals surface area contributed by atoms with Crippen molar-refractivity contribution in [1.29, 1.82) is 0 Å². The maximum atomic E-state index is 13.2. The summed E-state index contributed by atoms with van der Waals surface area (Å²) in [5.74, 6) is 0.451. The van der Waals surface area contributed by atoms with Crippen LogP contribution in [0.25, 0.3) is 10.9 Å². The monoisotopic (exact) mass is 432 g/mol. The third-order valence-electron chi connectivity index (χ3n) is 5.31. The SMILES string of the molecule is Cc1nnc(N[C@H](C)c2cc(N)cc(C(F)(F)F)c2)c2cc(N3CCOCC3)cnc12. The molecule has 7 nitrogen and oxygen atoms in total. The number of rotatable bonds is 4. The Morgan fingerprint density at radius 1 is 1.13 bits per heavy atom. The van der Waals surface area contributed by atoms with Crippen LogP contribution in [0.4, 0.5) is 30.4 Å². The van der Waals surface area contributed by atoms with Crippen LogP contribution >= 0.6 is 0 Å². The van der Waals surface area contributed by atoms with Gasteiger partial charge in [-0.05, 0) is 43.7 Å². The predicted molar refractivity (Wildman–Crippen MR) is 113 cm³/mol. The van der Waals surface area contributed by atoms with Crippen LogP contribution in [0, 0.1) is 6.92 Å². The molecule has 164 valence electrons. The summed E-state index contributed by atoms with van der Waals surface area (Å²) in [5.41, 5.74) is 7.68. The van der Waals surface area contributed by atoms with Gasteiger partial charge in [0.15, 0.2) is 5.82 Å². The topological polar surface area (TPSA) is 89.2 Å². The van der Waals surface area contributed by atoms with E-state index in [2.05, 4.69) is 25.4 Å². The average molecular weight is 432 g/mol. The third kappa shape index (κ3) is 4.48. The minimum absolute atomic E-state index is 0.0505. The lowest BCUT2D eigenvalue weighted by Gasteiger charge is -2.28. The number of halogens is 3. The minimum Gasteiger partial charge on any atom is -0.399 e.